The van der Waals surface area contributed by atoms with Gasteiger partial charge in [-0.2, -0.15) is 0 Å². The molecule has 2 aromatic carbocycles. The Labute approximate surface area is 138 Å². The van der Waals surface area contributed by atoms with Crippen molar-refractivity contribution in [3.05, 3.63) is 60.7 Å². The van der Waals surface area contributed by atoms with Gasteiger partial charge in [-0.3, -0.25) is 0 Å². The maximum absolute atomic E-state index is 5.90. The normalized spacial score (nSPS) is 16.6. The molecule has 1 aromatic heterocycles. The van der Waals surface area contributed by atoms with Crippen LogP contribution in [0.15, 0.2) is 65.8 Å². The highest BCUT2D eigenvalue weighted by molar-refractivity contribution is 7.99. The SMILES string of the molecule is CCOC1Sc2nnc(-c3ccccc3)n2N1c1ccccc1. The first-order chi connectivity index (χ1) is 11.4. The number of benzene rings is 2. The van der Waals surface area contributed by atoms with E-state index >= 15 is 0 Å². The Kier molecular flexibility index (Phi) is 3.77. The number of hydrogen-bond donors (Lipinski definition) is 0. The van der Waals surface area contributed by atoms with Crippen LogP contribution in [-0.4, -0.2) is 27.0 Å². The first-order valence-electron chi connectivity index (χ1n) is 7.52. The van der Waals surface area contributed by atoms with Crippen molar-refractivity contribution < 1.29 is 4.74 Å². The second-order valence-electron chi connectivity index (χ2n) is 5.04. The number of aromatic nitrogens is 3. The van der Waals surface area contributed by atoms with E-state index in [1.165, 1.54) is 0 Å². The van der Waals surface area contributed by atoms with Gasteiger partial charge in [-0.15, -0.1) is 10.2 Å². The molecule has 1 aliphatic rings. The van der Waals surface area contributed by atoms with Crippen molar-refractivity contribution in [2.45, 2.75) is 17.6 Å². The Morgan fingerprint density at radius 2 is 1.70 bits per heavy atom. The van der Waals surface area contributed by atoms with E-state index in [1.807, 2.05) is 60.1 Å². The van der Waals surface area contributed by atoms with Crippen molar-refractivity contribution in [3.8, 4) is 11.4 Å². The zero-order valence-electron chi connectivity index (χ0n) is 12.7. The lowest BCUT2D eigenvalue weighted by Gasteiger charge is -2.27. The summed E-state index contributed by atoms with van der Waals surface area (Å²) in [5.74, 6) is 0.819. The highest BCUT2D eigenvalue weighted by Crippen LogP contribution is 2.39. The molecule has 1 atom stereocenters. The number of ether oxygens (including phenoxy) is 1. The molecule has 2 heterocycles. The zero-order chi connectivity index (χ0) is 15.6. The molecule has 116 valence electrons. The average molecular weight is 324 g/mol. The van der Waals surface area contributed by atoms with E-state index in [9.17, 15) is 0 Å². The predicted molar refractivity (Wildman–Crippen MR) is 91.0 cm³/mol. The molecular weight excluding hydrogens is 308 g/mol. The van der Waals surface area contributed by atoms with E-state index in [-0.39, 0.29) is 5.56 Å². The van der Waals surface area contributed by atoms with E-state index in [0.29, 0.717) is 6.61 Å². The molecule has 0 saturated heterocycles. The van der Waals surface area contributed by atoms with Crippen LogP contribution in [0.2, 0.25) is 0 Å². The molecule has 5 nitrogen and oxygen atoms in total. The molecular formula is C17H16N4OS. The summed E-state index contributed by atoms with van der Waals surface area (Å²) in [5, 5.41) is 11.7. The lowest BCUT2D eigenvalue weighted by molar-refractivity contribution is 0.119. The minimum absolute atomic E-state index is 0.143. The third-order valence-corrected chi connectivity index (χ3v) is 4.60. The number of para-hydroxylation sites is 1. The number of rotatable bonds is 4. The smallest absolute Gasteiger partial charge is 0.215 e. The average Bonchev–Trinajstić information content (AvgIpc) is 3.15. The summed E-state index contributed by atoms with van der Waals surface area (Å²) in [6, 6.07) is 20.3. The summed E-state index contributed by atoms with van der Waals surface area (Å²) in [6.07, 6.45) is 0. The first kappa shape index (κ1) is 14.3. The lowest BCUT2D eigenvalue weighted by atomic mass is 10.2. The number of anilines is 1. The van der Waals surface area contributed by atoms with Crippen molar-refractivity contribution in [3.63, 3.8) is 0 Å². The largest absolute Gasteiger partial charge is 0.347 e. The van der Waals surface area contributed by atoms with Gasteiger partial charge >= 0.3 is 0 Å². The van der Waals surface area contributed by atoms with Crippen LogP contribution in [0.25, 0.3) is 11.4 Å². The fourth-order valence-corrected chi connectivity index (χ4v) is 3.66. The van der Waals surface area contributed by atoms with E-state index in [4.69, 9.17) is 4.74 Å². The fraction of sp³-hybridized carbons (Fsp3) is 0.176. The Bertz CT molecular complexity index is 791. The molecule has 0 spiro atoms. The van der Waals surface area contributed by atoms with Crippen molar-refractivity contribution in [2.24, 2.45) is 0 Å². The standard InChI is InChI=1S/C17H16N4OS/c1-2-22-17-20(14-11-7-4-8-12-14)21-15(18-19-16(21)23-17)13-9-5-3-6-10-13/h3-12,17H,2H2,1H3. The van der Waals surface area contributed by atoms with Crippen LogP contribution in [-0.2, 0) is 4.74 Å². The molecule has 6 heteroatoms. The molecule has 4 rings (SSSR count). The number of nitrogens with zero attached hydrogens (tertiary/aromatic N) is 4. The molecule has 0 aliphatic carbocycles. The van der Waals surface area contributed by atoms with Crippen LogP contribution in [0, 0.1) is 0 Å². The molecule has 3 aromatic rings. The topological polar surface area (TPSA) is 43.2 Å². The minimum Gasteiger partial charge on any atom is -0.347 e. The van der Waals surface area contributed by atoms with Gasteiger partial charge in [0.15, 0.2) is 5.82 Å². The second kappa shape index (κ2) is 6.06. The number of thioether (sulfide) groups is 1. The van der Waals surface area contributed by atoms with Crippen LogP contribution < -0.4 is 5.01 Å². The summed E-state index contributed by atoms with van der Waals surface area (Å²) >= 11 is 1.57. The third-order valence-electron chi connectivity index (χ3n) is 3.60. The van der Waals surface area contributed by atoms with Gasteiger partial charge in [-0.05, 0) is 30.8 Å². The summed E-state index contributed by atoms with van der Waals surface area (Å²) in [6.45, 7) is 2.64. The zero-order valence-corrected chi connectivity index (χ0v) is 13.5. The Morgan fingerprint density at radius 1 is 1.00 bits per heavy atom. The number of fused-ring (bicyclic) bond motifs is 1. The molecule has 0 saturated carbocycles. The van der Waals surface area contributed by atoms with Crippen molar-refractivity contribution >= 4 is 17.4 Å². The first-order valence-corrected chi connectivity index (χ1v) is 8.40. The number of hydrogen-bond acceptors (Lipinski definition) is 5. The van der Waals surface area contributed by atoms with Crippen molar-refractivity contribution in [1.82, 2.24) is 14.9 Å². The molecule has 0 radical (unpaired) electrons. The molecule has 1 aliphatic heterocycles. The second-order valence-corrected chi connectivity index (χ2v) is 6.05. The van der Waals surface area contributed by atoms with E-state index in [0.717, 1.165) is 22.2 Å². The molecule has 0 bridgehead atoms. The van der Waals surface area contributed by atoms with Gasteiger partial charge in [0.1, 0.15) is 0 Å². The highest BCUT2D eigenvalue weighted by Gasteiger charge is 2.36. The summed E-state index contributed by atoms with van der Waals surface area (Å²) in [5.41, 5.74) is 1.94. The fourth-order valence-electron chi connectivity index (χ4n) is 2.60. The van der Waals surface area contributed by atoms with Crippen LogP contribution in [0.1, 0.15) is 6.92 Å². The van der Waals surface area contributed by atoms with E-state index in [2.05, 4.69) is 27.3 Å². The van der Waals surface area contributed by atoms with Crippen LogP contribution in [0.4, 0.5) is 5.69 Å². The third kappa shape index (κ3) is 2.50. The maximum Gasteiger partial charge on any atom is 0.215 e. The van der Waals surface area contributed by atoms with Gasteiger partial charge < -0.3 is 4.74 Å². The predicted octanol–water partition coefficient (Wildman–Crippen LogP) is 3.64. The minimum atomic E-state index is -0.143. The quantitative estimate of drug-likeness (QED) is 0.733. The highest BCUT2D eigenvalue weighted by atomic mass is 32.2. The van der Waals surface area contributed by atoms with Gasteiger partial charge in [0.05, 0.1) is 5.69 Å². The van der Waals surface area contributed by atoms with Gasteiger partial charge in [-0.1, -0.05) is 48.5 Å². The summed E-state index contributed by atoms with van der Waals surface area (Å²) in [4.78, 5) is 0. The van der Waals surface area contributed by atoms with Crippen LogP contribution >= 0.6 is 11.8 Å². The van der Waals surface area contributed by atoms with Crippen molar-refractivity contribution in [2.75, 3.05) is 11.6 Å². The molecule has 1 unspecified atom stereocenters. The van der Waals surface area contributed by atoms with E-state index in [1.54, 1.807) is 11.8 Å². The van der Waals surface area contributed by atoms with Crippen molar-refractivity contribution in [1.29, 1.82) is 0 Å². The summed E-state index contributed by atoms with van der Waals surface area (Å²) < 4.78 is 7.94. The van der Waals surface area contributed by atoms with Gasteiger partial charge in [0.2, 0.25) is 10.7 Å². The van der Waals surface area contributed by atoms with Gasteiger partial charge in [-0.25, -0.2) is 9.69 Å². The Morgan fingerprint density at radius 3 is 2.39 bits per heavy atom. The monoisotopic (exact) mass is 324 g/mol. The Balaban J connectivity index is 1.83. The Hall–Kier alpha value is -2.31. The maximum atomic E-state index is 5.90. The molecule has 23 heavy (non-hydrogen) atoms. The van der Waals surface area contributed by atoms with Crippen LogP contribution in [0.3, 0.4) is 0 Å². The van der Waals surface area contributed by atoms with Gasteiger partial charge in [0.25, 0.3) is 0 Å². The molecule has 0 fully saturated rings. The van der Waals surface area contributed by atoms with Crippen LogP contribution in [0.5, 0.6) is 0 Å². The molecule has 0 amide bonds. The lowest BCUT2D eigenvalue weighted by Crippen LogP contribution is -2.35. The summed E-state index contributed by atoms with van der Waals surface area (Å²) in [7, 11) is 0. The van der Waals surface area contributed by atoms with E-state index < -0.39 is 0 Å². The van der Waals surface area contributed by atoms with Gasteiger partial charge in [0, 0.05) is 12.2 Å². The molecule has 0 N–H and O–H groups in total.